The van der Waals surface area contributed by atoms with Crippen LogP contribution in [-0.4, -0.2) is 21.7 Å². The molecular weight excluding hydrogens is 404 g/mol. The van der Waals surface area contributed by atoms with Crippen molar-refractivity contribution in [2.45, 2.75) is 43.5 Å². The third-order valence-corrected chi connectivity index (χ3v) is 6.98. The summed E-state index contributed by atoms with van der Waals surface area (Å²) >= 11 is 7.77. The van der Waals surface area contributed by atoms with Crippen LogP contribution in [0.15, 0.2) is 58.6 Å². The first-order valence-corrected chi connectivity index (χ1v) is 11.3. The number of nitrogens with zero attached hydrogens (tertiary/aromatic N) is 3. The van der Waals surface area contributed by atoms with Crippen molar-refractivity contribution in [3.05, 3.63) is 69.7 Å². The molecule has 148 valence electrons. The van der Waals surface area contributed by atoms with E-state index in [1.165, 1.54) is 18.2 Å². The van der Waals surface area contributed by atoms with Crippen molar-refractivity contribution in [3.63, 3.8) is 0 Å². The minimum atomic E-state index is -0.462. The van der Waals surface area contributed by atoms with Crippen LogP contribution in [0, 0.1) is 0 Å². The lowest BCUT2D eigenvalue weighted by Gasteiger charge is -2.45. The average Bonchev–Trinajstić information content (AvgIpc) is 2.74. The number of benzene rings is 2. The van der Waals surface area contributed by atoms with Crippen LogP contribution in [0.1, 0.15) is 37.7 Å². The van der Waals surface area contributed by atoms with Crippen LogP contribution in [0.25, 0.3) is 5.70 Å². The molecule has 0 saturated heterocycles. The summed E-state index contributed by atoms with van der Waals surface area (Å²) in [6.45, 7) is 0. The normalized spacial score (nSPS) is 19.8. The first-order valence-electron chi connectivity index (χ1n) is 9.92. The van der Waals surface area contributed by atoms with E-state index in [0.29, 0.717) is 16.6 Å². The lowest BCUT2D eigenvalue weighted by atomic mass is 9.87. The standard InChI is InChI=1S/C22H21ClN4OS/c23-17-10-4-2-8-15(17)14-29-21-24-20(28)19-16-9-3-5-11-18(16)25-22(27(19)26-21)12-6-1-7-13-22/h2-5,8-11H,1,6-7,12-14H2,(H,24,26,28). The molecule has 1 aliphatic carbocycles. The minimum absolute atomic E-state index is 0.117. The van der Waals surface area contributed by atoms with Crippen LogP contribution in [0.2, 0.25) is 5.02 Å². The highest BCUT2D eigenvalue weighted by atomic mass is 35.5. The van der Waals surface area contributed by atoms with E-state index in [0.717, 1.165) is 46.8 Å². The minimum Gasteiger partial charge on any atom is -0.298 e. The number of halogens is 1. The Bertz CT molecular complexity index is 1120. The van der Waals surface area contributed by atoms with Gasteiger partial charge in [-0.3, -0.25) is 15.1 Å². The van der Waals surface area contributed by atoms with Gasteiger partial charge in [-0.25, -0.2) is 5.01 Å². The summed E-state index contributed by atoms with van der Waals surface area (Å²) in [5, 5.41) is 12.8. The summed E-state index contributed by atoms with van der Waals surface area (Å²) in [5.74, 6) is 0.525. The molecule has 1 amide bonds. The number of nitrogens with one attached hydrogen (secondary N) is 1. The lowest BCUT2D eigenvalue weighted by Crippen LogP contribution is -2.59. The van der Waals surface area contributed by atoms with Gasteiger partial charge >= 0.3 is 0 Å². The predicted octanol–water partition coefficient (Wildman–Crippen LogP) is 3.38. The van der Waals surface area contributed by atoms with E-state index < -0.39 is 5.66 Å². The molecule has 2 aromatic rings. The highest BCUT2D eigenvalue weighted by Gasteiger charge is 2.45. The molecule has 0 unspecified atom stereocenters. The van der Waals surface area contributed by atoms with Gasteiger partial charge in [-0.05, 0) is 43.4 Å². The number of amides is 1. The molecule has 1 spiro atoms. The van der Waals surface area contributed by atoms with Crippen molar-refractivity contribution in [3.8, 4) is 0 Å². The van der Waals surface area contributed by atoms with Crippen LogP contribution in [0.3, 0.4) is 0 Å². The molecule has 29 heavy (non-hydrogen) atoms. The van der Waals surface area contributed by atoms with E-state index in [2.05, 4.69) is 5.32 Å². The largest absolute Gasteiger partial charge is 0.298 e. The number of carbonyl (C=O) groups excluding carboxylic acids is 1. The zero-order chi connectivity index (χ0) is 19.8. The maximum Gasteiger partial charge on any atom is 0.276 e. The summed E-state index contributed by atoms with van der Waals surface area (Å²) in [4.78, 5) is 18.3. The van der Waals surface area contributed by atoms with Crippen molar-refractivity contribution in [1.29, 1.82) is 0 Å². The van der Waals surface area contributed by atoms with Crippen molar-refractivity contribution in [1.82, 2.24) is 10.3 Å². The molecule has 0 radical (unpaired) electrons. The number of hydrogen-bond donors (Lipinski definition) is 1. The Morgan fingerprint density at radius 1 is 1.07 bits per heavy atom. The number of carbonyl (C=O) groups is 1. The molecule has 0 bridgehead atoms. The van der Waals surface area contributed by atoms with Gasteiger partial charge in [0.25, 0.3) is 5.91 Å². The average molecular weight is 425 g/mol. The van der Waals surface area contributed by atoms with Gasteiger partial charge in [0.05, 0.1) is 5.36 Å². The zero-order valence-electron chi connectivity index (χ0n) is 15.9. The molecule has 0 aromatic heterocycles. The van der Waals surface area contributed by atoms with Crippen molar-refractivity contribution < 1.29 is 4.79 Å². The predicted molar refractivity (Wildman–Crippen MR) is 117 cm³/mol. The Hall–Kier alpha value is -2.31. The fourth-order valence-electron chi connectivity index (χ4n) is 4.27. The van der Waals surface area contributed by atoms with E-state index in [9.17, 15) is 4.79 Å². The van der Waals surface area contributed by atoms with Crippen molar-refractivity contribution in [2.75, 3.05) is 0 Å². The molecule has 5 rings (SSSR count). The van der Waals surface area contributed by atoms with Gasteiger partial charge in [0.2, 0.25) is 0 Å². The molecule has 1 N–H and O–H groups in total. The topological polar surface area (TPSA) is 57.1 Å². The molecule has 5 nitrogen and oxygen atoms in total. The molecule has 1 saturated carbocycles. The Morgan fingerprint density at radius 2 is 1.83 bits per heavy atom. The molecule has 2 aliphatic heterocycles. The summed E-state index contributed by atoms with van der Waals surface area (Å²) in [7, 11) is 0. The monoisotopic (exact) mass is 424 g/mol. The number of thioether (sulfide) groups is 1. The van der Waals surface area contributed by atoms with Crippen LogP contribution in [-0.2, 0) is 10.5 Å². The van der Waals surface area contributed by atoms with E-state index >= 15 is 0 Å². The number of hydrazone groups is 1. The van der Waals surface area contributed by atoms with Gasteiger partial charge < -0.3 is 0 Å². The maximum absolute atomic E-state index is 13.2. The first kappa shape index (κ1) is 18.7. The first-order chi connectivity index (χ1) is 14.2. The smallest absolute Gasteiger partial charge is 0.276 e. The summed E-state index contributed by atoms with van der Waals surface area (Å²) < 4.78 is 0. The van der Waals surface area contributed by atoms with E-state index in [1.54, 1.807) is 0 Å². The Morgan fingerprint density at radius 3 is 2.66 bits per heavy atom. The van der Waals surface area contributed by atoms with Crippen LogP contribution < -0.4 is 15.9 Å². The molecule has 1 fully saturated rings. The quantitative estimate of drug-likeness (QED) is 0.804. The second kappa shape index (κ2) is 7.50. The van der Waals surface area contributed by atoms with Crippen LogP contribution in [0.5, 0.6) is 0 Å². The third kappa shape index (κ3) is 3.34. The number of fused-ring (bicyclic) bond motifs is 3. The van der Waals surface area contributed by atoms with E-state index in [1.807, 2.05) is 53.5 Å². The van der Waals surface area contributed by atoms with Crippen molar-refractivity contribution >= 4 is 40.1 Å². The van der Waals surface area contributed by atoms with Crippen LogP contribution >= 0.6 is 23.4 Å². The number of rotatable bonds is 2. The third-order valence-electron chi connectivity index (χ3n) is 5.70. The summed E-state index contributed by atoms with van der Waals surface area (Å²) in [6.07, 6.45) is 5.20. The van der Waals surface area contributed by atoms with Crippen molar-refractivity contribution in [2.24, 2.45) is 10.1 Å². The van der Waals surface area contributed by atoms with Crippen LogP contribution in [0.4, 0.5) is 0 Å². The lowest BCUT2D eigenvalue weighted by molar-refractivity contribution is -0.116. The second-order valence-corrected chi connectivity index (χ2v) is 8.94. The van der Waals surface area contributed by atoms with Gasteiger partial charge in [-0.2, -0.15) is 0 Å². The van der Waals surface area contributed by atoms with Gasteiger partial charge in [-0.15, -0.1) is 5.10 Å². The van der Waals surface area contributed by atoms with Gasteiger partial charge in [0, 0.05) is 16.0 Å². The number of hydrogen-bond acceptors (Lipinski definition) is 5. The highest BCUT2D eigenvalue weighted by molar-refractivity contribution is 8.13. The SMILES string of the molecule is O=C1NC(SCc2ccccc2Cl)=NN2C1=c1ccccc1=NC21CCCCC1. The van der Waals surface area contributed by atoms with Gasteiger partial charge in [-0.1, -0.05) is 66.2 Å². The Labute approximate surface area is 178 Å². The van der Waals surface area contributed by atoms with E-state index in [-0.39, 0.29) is 5.91 Å². The molecule has 2 aromatic carbocycles. The summed E-state index contributed by atoms with van der Waals surface area (Å²) in [5.41, 5.74) is 1.17. The fraction of sp³-hybridized carbons (Fsp3) is 0.318. The highest BCUT2D eigenvalue weighted by Crippen LogP contribution is 2.39. The number of amidine groups is 1. The fourth-order valence-corrected chi connectivity index (χ4v) is 5.40. The Balaban J connectivity index is 1.55. The Kier molecular flexibility index (Phi) is 4.84. The molecule has 3 aliphatic rings. The summed E-state index contributed by atoms with van der Waals surface area (Å²) in [6, 6.07) is 15.6. The number of para-hydroxylation sites is 1. The maximum atomic E-state index is 13.2. The molecule has 7 heteroatoms. The second-order valence-electron chi connectivity index (χ2n) is 7.57. The molecule has 2 heterocycles. The van der Waals surface area contributed by atoms with E-state index in [4.69, 9.17) is 21.7 Å². The molecular formula is C22H21ClN4OS. The zero-order valence-corrected chi connectivity index (χ0v) is 17.5. The van der Waals surface area contributed by atoms with Gasteiger partial charge in [0.1, 0.15) is 5.70 Å². The molecule has 0 atom stereocenters. The van der Waals surface area contributed by atoms with Gasteiger partial charge in [0.15, 0.2) is 10.8 Å².